The normalized spacial score (nSPS) is 9.41. The minimum absolute atomic E-state index is 0.0266. The number of hydrogen-bond acceptors (Lipinski definition) is 3. The van der Waals surface area contributed by atoms with E-state index in [0.717, 1.165) is 0 Å². The average Bonchev–Trinajstić information content (AvgIpc) is 2.34. The number of carbonyl (C=O) groups is 2. The number of nitrogens with zero attached hydrogens (tertiary/aromatic N) is 2. The lowest BCUT2D eigenvalue weighted by Gasteiger charge is -2.16. The second-order valence-corrected chi connectivity index (χ2v) is 3.49. The van der Waals surface area contributed by atoms with Crippen molar-refractivity contribution in [3.8, 4) is 6.07 Å². The zero-order valence-electron chi connectivity index (χ0n) is 9.38. The lowest BCUT2D eigenvalue weighted by molar-refractivity contribution is 0.0682. The Morgan fingerprint density at radius 1 is 1.35 bits per heavy atom. The molecule has 0 spiro atoms. The quantitative estimate of drug-likeness (QED) is 0.850. The maximum Gasteiger partial charge on any atom is 0.336 e. The molecular weight excluding hydrogens is 220 g/mol. The molecule has 0 heterocycles. The van der Waals surface area contributed by atoms with Crippen LogP contribution in [0.25, 0.3) is 0 Å². The molecule has 0 aliphatic heterocycles. The first-order valence-corrected chi connectivity index (χ1v) is 5.02. The van der Waals surface area contributed by atoms with E-state index >= 15 is 0 Å². The van der Waals surface area contributed by atoms with Crippen molar-refractivity contribution in [1.82, 2.24) is 4.90 Å². The van der Waals surface area contributed by atoms with E-state index in [9.17, 15) is 9.59 Å². The molecule has 1 N–H and O–H groups in total. The number of nitriles is 1. The van der Waals surface area contributed by atoms with Gasteiger partial charge in [0, 0.05) is 13.6 Å². The number of carbonyl (C=O) groups excluding carboxylic acids is 1. The Balaban J connectivity index is 2.96. The monoisotopic (exact) mass is 232 g/mol. The summed E-state index contributed by atoms with van der Waals surface area (Å²) in [4.78, 5) is 24.2. The summed E-state index contributed by atoms with van der Waals surface area (Å²) in [7, 11) is 1.54. The SMILES string of the molecule is CN(CCC#N)C(=O)c1ccccc1C(=O)O. The van der Waals surface area contributed by atoms with Gasteiger partial charge in [-0.15, -0.1) is 0 Å². The maximum absolute atomic E-state index is 11.9. The van der Waals surface area contributed by atoms with E-state index in [-0.39, 0.29) is 24.1 Å². The zero-order valence-corrected chi connectivity index (χ0v) is 9.38. The number of benzene rings is 1. The highest BCUT2D eigenvalue weighted by Crippen LogP contribution is 2.11. The highest BCUT2D eigenvalue weighted by molar-refractivity contribution is 6.04. The number of carboxylic acids is 1. The molecule has 0 aromatic heterocycles. The maximum atomic E-state index is 11.9. The van der Waals surface area contributed by atoms with Crippen molar-refractivity contribution in [2.45, 2.75) is 6.42 Å². The van der Waals surface area contributed by atoms with Crippen LogP contribution in [0, 0.1) is 11.3 Å². The van der Waals surface area contributed by atoms with E-state index in [1.807, 2.05) is 6.07 Å². The summed E-state index contributed by atoms with van der Waals surface area (Å²) in [6.45, 7) is 0.281. The van der Waals surface area contributed by atoms with Crippen molar-refractivity contribution in [1.29, 1.82) is 5.26 Å². The summed E-state index contributed by atoms with van der Waals surface area (Å²) in [6.07, 6.45) is 0.220. The highest BCUT2D eigenvalue weighted by Gasteiger charge is 2.18. The summed E-state index contributed by atoms with van der Waals surface area (Å²) in [5, 5.41) is 17.4. The fourth-order valence-corrected chi connectivity index (χ4v) is 1.38. The van der Waals surface area contributed by atoms with Crippen molar-refractivity contribution in [3.05, 3.63) is 35.4 Å². The summed E-state index contributed by atoms with van der Waals surface area (Å²) in [5.41, 5.74) is 0.113. The van der Waals surface area contributed by atoms with Gasteiger partial charge in [-0.05, 0) is 12.1 Å². The summed E-state index contributed by atoms with van der Waals surface area (Å²) in [5.74, 6) is -1.53. The predicted octanol–water partition coefficient (Wildman–Crippen LogP) is 1.37. The van der Waals surface area contributed by atoms with Gasteiger partial charge in [-0.1, -0.05) is 12.1 Å². The molecule has 1 aromatic rings. The summed E-state index contributed by atoms with van der Waals surface area (Å²) >= 11 is 0. The first-order chi connectivity index (χ1) is 8.07. The van der Waals surface area contributed by atoms with Crippen molar-refractivity contribution in [3.63, 3.8) is 0 Å². The van der Waals surface area contributed by atoms with Crippen LogP contribution in [0.15, 0.2) is 24.3 Å². The molecule has 1 rings (SSSR count). The Labute approximate surface area is 98.9 Å². The standard InChI is InChI=1S/C12H12N2O3/c1-14(8-4-7-13)11(15)9-5-2-3-6-10(9)12(16)17/h2-3,5-6H,4,8H2,1H3,(H,16,17). The van der Waals surface area contributed by atoms with Gasteiger partial charge in [0.25, 0.3) is 5.91 Å². The largest absolute Gasteiger partial charge is 0.478 e. The van der Waals surface area contributed by atoms with Crippen LogP contribution in [-0.2, 0) is 0 Å². The Morgan fingerprint density at radius 3 is 2.47 bits per heavy atom. The third-order valence-corrected chi connectivity index (χ3v) is 2.29. The van der Waals surface area contributed by atoms with Crippen molar-refractivity contribution < 1.29 is 14.7 Å². The van der Waals surface area contributed by atoms with E-state index in [1.165, 1.54) is 24.1 Å². The van der Waals surface area contributed by atoms with Gasteiger partial charge in [-0.2, -0.15) is 5.26 Å². The lowest BCUT2D eigenvalue weighted by Crippen LogP contribution is -2.29. The fraction of sp³-hybridized carbons (Fsp3) is 0.250. The molecule has 0 fully saturated rings. The van der Waals surface area contributed by atoms with Crippen LogP contribution < -0.4 is 0 Å². The Bertz CT molecular complexity index is 477. The molecule has 5 heteroatoms. The minimum Gasteiger partial charge on any atom is -0.478 e. The summed E-state index contributed by atoms with van der Waals surface area (Å²) < 4.78 is 0. The molecule has 1 amide bonds. The van der Waals surface area contributed by atoms with Crippen LogP contribution >= 0.6 is 0 Å². The van der Waals surface area contributed by atoms with E-state index in [1.54, 1.807) is 12.1 Å². The Hall–Kier alpha value is -2.35. The smallest absolute Gasteiger partial charge is 0.336 e. The van der Waals surface area contributed by atoms with Crippen molar-refractivity contribution in [2.24, 2.45) is 0 Å². The van der Waals surface area contributed by atoms with Crippen LogP contribution in [-0.4, -0.2) is 35.5 Å². The van der Waals surface area contributed by atoms with Gasteiger partial charge in [-0.25, -0.2) is 4.79 Å². The third kappa shape index (κ3) is 3.05. The minimum atomic E-state index is -1.14. The topological polar surface area (TPSA) is 81.4 Å². The first kappa shape index (κ1) is 12.7. The van der Waals surface area contributed by atoms with E-state index in [2.05, 4.69) is 0 Å². The molecule has 1 aromatic carbocycles. The molecule has 0 atom stereocenters. The second kappa shape index (κ2) is 5.66. The molecule has 5 nitrogen and oxygen atoms in total. The molecule has 17 heavy (non-hydrogen) atoms. The molecule has 0 radical (unpaired) electrons. The van der Waals surface area contributed by atoms with E-state index in [4.69, 9.17) is 10.4 Å². The molecule has 0 bridgehead atoms. The van der Waals surface area contributed by atoms with Gasteiger partial charge in [0.15, 0.2) is 0 Å². The Morgan fingerprint density at radius 2 is 1.94 bits per heavy atom. The van der Waals surface area contributed by atoms with Gasteiger partial charge in [0.1, 0.15) is 0 Å². The average molecular weight is 232 g/mol. The third-order valence-electron chi connectivity index (χ3n) is 2.29. The van der Waals surface area contributed by atoms with Gasteiger partial charge in [0.05, 0.1) is 23.6 Å². The number of amides is 1. The Kier molecular flexibility index (Phi) is 4.23. The van der Waals surface area contributed by atoms with Crippen LogP contribution in [0.4, 0.5) is 0 Å². The van der Waals surface area contributed by atoms with Crippen LogP contribution in [0.3, 0.4) is 0 Å². The molecular formula is C12H12N2O3. The number of carboxylic acid groups (broad SMARTS) is 1. The zero-order chi connectivity index (χ0) is 12.8. The molecule has 0 saturated carbocycles. The van der Waals surface area contributed by atoms with E-state index in [0.29, 0.717) is 0 Å². The van der Waals surface area contributed by atoms with Gasteiger partial charge >= 0.3 is 5.97 Å². The highest BCUT2D eigenvalue weighted by atomic mass is 16.4. The number of aromatic carboxylic acids is 1. The predicted molar refractivity (Wildman–Crippen MR) is 60.6 cm³/mol. The molecule has 0 unspecified atom stereocenters. The van der Waals surface area contributed by atoms with Gasteiger partial charge in [-0.3, -0.25) is 4.79 Å². The van der Waals surface area contributed by atoms with Crippen LogP contribution in [0.5, 0.6) is 0 Å². The van der Waals surface area contributed by atoms with E-state index < -0.39 is 11.9 Å². The number of rotatable bonds is 4. The van der Waals surface area contributed by atoms with Crippen molar-refractivity contribution >= 4 is 11.9 Å². The first-order valence-electron chi connectivity index (χ1n) is 5.02. The number of hydrogen-bond donors (Lipinski definition) is 1. The molecule has 0 aliphatic carbocycles. The van der Waals surface area contributed by atoms with Gasteiger partial charge in [0.2, 0.25) is 0 Å². The molecule has 0 aliphatic rings. The lowest BCUT2D eigenvalue weighted by atomic mass is 10.1. The molecule has 88 valence electrons. The fourth-order valence-electron chi connectivity index (χ4n) is 1.38. The molecule has 0 saturated heterocycles. The second-order valence-electron chi connectivity index (χ2n) is 3.49. The van der Waals surface area contributed by atoms with Crippen LogP contribution in [0.1, 0.15) is 27.1 Å². The summed E-state index contributed by atoms with van der Waals surface area (Å²) in [6, 6.07) is 7.96. The van der Waals surface area contributed by atoms with Crippen molar-refractivity contribution in [2.75, 3.05) is 13.6 Å². The van der Waals surface area contributed by atoms with Crippen LogP contribution in [0.2, 0.25) is 0 Å². The van der Waals surface area contributed by atoms with Gasteiger partial charge < -0.3 is 10.0 Å².